The average molecular weight is 326 g/mol. The van der Waals surface area contributed by atoms with Crippen LogP contribution in [0.3, 0.4) is 0 Å². The van der Waals surface area contributed by atoms with Crippen molar-refractivity contribution in [1.29, 1.82) is 0 Å². The van der Waals surface area contributed by atoms with E-state index >= 15 is 0 Å². The largest absolute Gasteiger partial charge is 0.469 e. The SMILES string of the molecule is COC(=O)CC(=O)/C(Cl)=C(\Cl)C(Cl)=C(Cl)Cl. The van der Waals surface area contributed by atoms with Gasteiger partial charge in [-0.05, 0) is 0 Å². The lowest BCUT2D eigenvalue weighted by atomic mass is 10.2. The molecule has 0 aromatic heterocycles. The van der Waals surface area contributed by atoms with E-state index in [0.717, 1.165) is 7.11 Å². The number of carbonyl (C=O) groups is 2. The van der Waals surface area contributed by atoms with E-state index in [4.69, 9.17) is 58.0 Å². The highest BCUT2D eigenvalue weighted by atomic mass is 35.5. The fraction of sp³-hybridized carbons (Fsp3) is 0.250. The summed E-state index contributed by atoms with van der Waals surface area (Å²) in [5, 5.41) is -1.03. The van der Waals surface area contributed by atoms with Crippen LogP contribution in [0.2, 0.25) is 0 Å². The second kappa shape index (κ2) is 7.41. The Labute approximate surface area is 117 Å². The zero-order chi connectivity index (χ0) is 12.9. The van der Waals surface area contributed by atoms with Gasteiger partial charge in [0.05, 0.1) is 17.2 Å². The minimum Gasteiger partial charge on any atom is -0.469 e. The lowest BCUT2D eigenvalue weighted by molar-refractivity contribution is -0.142. The van der Waals surface area contributed by atoms with Gasteiger partial charge in [-0.3, -0.25) is 9.59 Å². The number of hydrogen-bond donors (Lipinski definition) is 0. The van der Waals surface area contributed by atoms with Crippen LogP contribution in [-0.4, -0.2) is 18.9 Å². The highest BCUT2D eigenvalue weighted by molar-refractivity contribution is 6.62. The molecule has 0 aromatic carbocycles. The van der Waals surface area contributed by atoms with Gasteiger partial charge in [-0.25, -0.2) is 0 Å². The zero-order valence-corrected chi connectivity index (χ0v) is 11.6. The molecule has 0 saturated heterocycles. The number of methoxy groups -OCH3 is 1. The van der Waals surface area contributed by atoms with Crippen LogP contribution < -0.4 is 0 Å². The first kappa shape index (κ1) is 16.1. The van der Waals surface area contributed by atoms with Crippen LogP contribution in [0.15, 0.2) is 19.6 Å². The number of ether oxygens (including phenoxy) is 1. The molecule has 0 spiro atoms. The summed E-state index contributed by atoms with van der Waals surface area (Å²) in [4.78, 5) is 22.1. The highest BCUT2D eigenvalue weighted by Gasteiger charge is 2.19. The Balaban J connectivity index is 4.97. The van der Waals surface area contributed by atoms with Crippen molar-refractivity contribution in [2.24, 2.45) is 0 Å². The number of hydrogen-bond acceptors (Lipinski definition) is 3. The molecular weight excluding hydrogens is 321 g/mol. The first-order valence-corrected chi connectivity index (χ1v) is 5.56. The van der Waals surface area contributed by atoms with E-state index in [9.17, 15) is 9.59 Å². The molecule has 8 heteroatoms. The summed E-state index contributed by atoms with van der Waals surface area (Å²) in [6.45, 7) is 0. The summed E-state index contributed by atoms with van der Waals surface area (Å²) in [7, 11) is 1.14. The molecule has 0 unspecified atom stereocenters. The molecule has 0 N–H and O–H groups in total. The van der Waals surface area contributed by atoms with Gasteiger partial charge in [0, 0.05) is 0 Å². The molecule has 0 aliphatic carbocycles. The van der Waals surface area contributed by atoms with Gasteiger partial charge in [-0.2, -0.15) is 0 Å². The minimum absolute atomic E-state index is 0.270. The minimum atomic E-state index is -0.746. The molecule has 3 nitrogen and oxygen atoms in total. The van der Waals surface area contributed by atoms with Crippen molar-refractivity contribution in [2.75, 3.05) is 7.11 Å². The number of esters is 1. The number of carbonyl (C=O) groups excluding carboxylic acids is 2. The number of Topliss-reactive ketones (excluding diaryl/α,β-unsaturated/α-hetero) is 1. The van der Waals surface area contributed by atoms with E-state index in [1.54, 1.807) is 0 Å². The molecule has 0 rings (SSSR count). The standard InChI is InChI=1S/C8H5Cl5O3/c1-16-4(15)2-3(14)5(9)6(10)7(11)8(12)13/h2H2,1H3/b6-5+. The third-order valence-electron chi connectivity index (χ3n) is 1.33. The lowest BCUT2D eigenvalue weighted by Gasteiger charge is -2.02. The van der Waals surface area contributed by atoms with E-state index in [-0.39, 0.29) is 14.6 Å². The van der Waals surface area contributed by atoms with Gasteiger partial charge in [0.15, 0.2) is 5.78 Å². The van der Waals surface area contributed by atoms with Crippen molar-refractivity contribution in [1.82, 2.24) is 0 Å². The molecular formula is C8H5Cl5O3. The Bertz CT molecular complexity index is 368. The predicted octanol–water partition coefficient (Wildman–Crippen LogP) is 3.69. The Hall–Kier alpha value is 0.0700. The molecule has 0 amide bonds. The first-order chi connectivity index (χ1) is 7.31. The summed E-state index contributed by atoms with van der Waals surface area (Å²) in [5.74, 6) is -1.49. The molecule has 0 heterocycles. The second-order valence-electron chi connectivity index (χ2n) is 2.38. The monoisotopic (exact) mass is 324 g/mol. The van der Waals surface area contributed by atoms with Gasteiger partial charge in [0.25, 0.3) is 0 Å². The molecule has 0 atom stereocenters. The molecule has 0 bridgehead atoms. The highest BCUT2D eigenvalue weighted by Crippen LogP contribution is 2.31. The van der Waals surface area contributed by atoms with Crippen molar-refractivity contribution in [3.8, 4) is 0 Å². The van der Waals surface area contributed by atoms with Crippen molar-refractivity contribution in [3.63, 3.8) is 0 Å². The summed E-state index contributed by atoms with van der Waals surface area (Å²) < 4.78 is 3.94. The van der Waals surface area contributed by atoms with Gasteiger partial charge in [0.2, 0.25) is 0 Å². The van der Waals surface area contributed by atoms with Gasteiger partial charge in [0.1, 0.15) is 15.9 Å². The Morgan fingerprint density at radius 2 is 1.44 bits per heavy atom. The number of halogens is 5. The van der Waals surface area contributed by atoms with Crippen LogP contribution in [0.25, 0.3) is 0 Å². The average Bonchev–Trinajstić information content (AvgIpc) is 2.25. The predicted molar refractivity (Wildman–Crippen MR) is 65.0 cm³/mol. The van der Waals surface area contributed by atoms with Crippen molar-refractivity contribution in [3.05, 3.63) is 19.6 Å². The van der Waals surface area contributed by atoms with Crippen LogP contribution >= 0.6 is 58.0 Å². The van der Waals surface area contributed by atoms with Crippen LogP contribution in [0, 0.1) is 0 Å². The Morgan fingerprint density at radius 3 is 1.81 bits per heavy atom. The third-order valence-corrected chi connectivity index (χ3v) is 3.25. The summed E-state index contributed by atoms with van der Waals surface area (Å²) in [6.07, 6.45) is -0.546. The molecule has 0 fully saturated rings. The second-order valence-corrected chi connectivity index (χ2v) is 4.46. The van der Waals surface area contributed by atoms with Gasteiger partial charge >= 0.3 is 5.97 Å². The normalized spacial score (nSPS) is 11.6. The van der Waals surface area contributed by atoms with Crippen LogP contribution in [0.5, 0.6) is 0 Å². The maximum atomic E-state index is 11.3. The molecule has 0 aromatic rings. The maximum Gasteiger partial charge on any atom is 0.313 e. The van der Waals surface area contributed by atoms with Crippen LogP contribution in [0.1, 0.15) is 6.42 Å². The van der Waals surface area contributed by atoms with Gasteiger partial charge < -0.3 is 4.74 Å². The number of ketones is 1. The topological polar surface area (TPSA) is 43.4 Å². The molecule has 0 radical (unpaired) electrons. The molecule has 0 aliphatic rings. The first-order valence-electron chi connectivity index (χ1n) is 3.67. The Morgan fingerprint density at radius 1 is 0.938 bits per heavy atom. The van der Waals surface area contributed by atoms with Crippen molar-refractivity contribution < 1.29 is 14.3 Å². The van der Waals surface area contributed by atoms with Crippen LogP contribution in [-0.2, 0) is 14.3 Å². The third kappa shape index (κ3) is 4.93. The van der Waals surface area contributed by atoms with Gasteiger partial charge in [-0.1, -0.05) is 58.0 Å². The molecule has 0 aliphatic heterocycles. The summed E-state index contributed by atoms with van der Waals surface area (Å²) in [5.41, 5.74) is 0. The quantitative estimate of drug-likeness (QED) is 0.342. The zero-order valence-electron chi connectivity index (χ0n) is 7.82. The Kier molecular flexibility index (Phi) is 7.44. The maximum absolute atomic E-state index is 11.3. The fourth-order valence-electron chi connectivity index (χ4n) is 0.583. The fourth-order valence-corrected chi connectivity index (χ4v) is 1.37. The van der Waals surface area contributed by atoms with Crippen molar-refractivity contribution in [2.45, 2.75) is 6.42 Å². The molecule has 0 saturated carbocycles. The molecule has 90 valence electrons. The van der Waals surface area contributed by atoms with Crippen LogP contribution in [0.4, 0.5) is 0 Å². The smallest absolute Gasteiger partial charge is 0.313 e. The van der Waals surface area contributed by atoms with E-state index in [0.29, 0.717) is 0 Å². The molecule has 16 heavy (non-hydrogen) atoms. The lowest BCUT2D eigenvalue weighted by Crippen LogP contribution is -2.10. The summed E-state index contributed by atoms with van der Waals surface area (Å²) in [6, 6.07) is 0. The van der Waals surface area contributed by atoms with E-state index < -0.39 is 23.2 Å². The van der Waals surface area contributed by atoms with Crippen molar-refractivity contribution >= 4 is 69.8 Å². The van der Waals surface area contributed by atoms with Gasteiger partial charge in [-0.15, -0.1) is 0 Å². The number of rotatable bonds is 4. The van der Waals surface area contributed by atoms with E-state index in [1.807, 2.05) is 0 Å². The summed E-state index contributed by atoms with van der Waals surface area (Å²) >= 11 is 27.4. The number of allylic oxidation sites excluding steroid dienone is 3. The van der Waals surface area contributed by atoms with E-state index in [1.165, 1.54) is 0 Å². The van der Waals surface area contributed by atoms with E-state index in [2.05, 4.69) is 4.74 Å².